The Hall–Kier alpha value is -0.250. The molecule has 0 aliphatic heterocycles. The highest BCUT2D eigenvalue weighted by Crippen LogP contribution is 0.422. The summed E-state index contributed by atoms with van der Waals surface area (Å²) >= 11 is 0. The van der Waals surface area contributed by atoms with E-state index in [1.54, 1.807) is 0 Å². The van der Waals surface area contributed by atoms with Crippen LogP contribution in [0.1, 0.15) is 0 Å². The van der Waals surface area contributed by atoms with Crippen molar-refractivity contribution in [2.24, 2.45) is 0 Å². The fraction of sp³-hybridized carbons (Fsp3) is 0. The van der Waals surface area contributed by atoms with Crippen molar-refractivity contribution >= 4 is 0 Å². The van der Waals surface area contributed by atoms with Gasteiger partial charge in [0.25, 0.3) is 0 Å². The van der Waals surface area contributed by atoms with Crippen LogP contribution in [-0.2, 0) is 0 Å². The molecule has 32 valence electrons. The van der Waals surface area contributed by atoms with Crippen molar-refractivity contribution in [1.82, 2.24) is 0 Å². The van der Waals surface area contributed by atoms with Crippen LogP contribution in [0.15, 0.2) is 0 Å². The summed E-state index contributed by atoms with van der Waals surface area (Å²) in [6.07, 6.45) is 0. The molecule has 0 saturated carbocycles. The van der Waals surface area contributed by atoms with Crippen LogP contribution in [0.3, 0.4) is 0 Å². The third-order valence-corrected chi connectivity index (χ3v) is 0. The van der Waals surface area contributed by atoms with Crippen molar-refractivity contribution in [3.8, 4) is 0 Å². The van der Waals surface area contributed by atoms with E-state index in [-0.39, 0.29) is 19.6 Å². The SMILES string of the molecule is F.F.F.O. The fourth-order valence-corrected chi connectivity index (χ4v) is 0. The average molecular weight is 78.0 g/mol. The van der Waals surface area contributed by atoms with Gasteiger partial charge in [0.05, 0.1) is 0 Å². The van der Waals surface area contributed by atoms with Gasteiger partial charge in [-0.2, -0.15) is 0 Å². The van der Waals surface area contributed by atoms with Crippen LogP contribution in [-0.4, -0.2) is 5.48 Å². The normalized spacial score (nSPS) is 0. The lowest BCUT2D eigenvalue weighted by Gasteiger charge is -0.412. The van der Waals surface area contributed by atoms with Gasteiger partial charge in [0.1, 0.15) is 0 Å². The highest BCUT2D eigenvalue weighted by molar-refractivity contribution is 1.11. The van der Waals surface area contributed by atoms with E-state index >= 15 is 0 Å². The first kappa shape index (κ1) is 454. The van der Waals surface area contributed by atoms with E-state index in [1.807, 2.05) is 0 Å². The van der Waals surface area contributed by atoms with Gasteiger partial charge in [0.15, 0.2) is 0 Å². The molecule has 4 heavy (non-hydrogen) atoms. The van der Waals surface area contributed by atoms with Crippen molar-refractivity contribution in [1.29, 1.82) is 0 Å². The maximum absolute atomic E-state index is 0. The molecule has 0 aliphatic rings. The summed E-state index contributed by atoms with van der Waals surface area (Å²) in [5, 5.41) is 0. The van der Waals surface area contributed by atoms with Crippen LogP contribution in [0.2, 0.25) is 0 Å². The molecule has 0 fully saturated rings. The Morgan fingerprint density at radius 1 is 0.500 bits per heavy atom. The second-order valence-corrected chi connectivity index (χ2v) is 0. The third-order valence-electron chi connectivity index (χ3n) is 0. The van der Waals surface area contributed by atoms with Crippen molar-refractivity contribution in [3.05, 3.63) is 0 Å². The molecule has 0 aromatic heterocycles. The van der Waals surface area contributed by atoms with Crippen LogP contribution in [0.5, 0.6) is 0 Å². The Morgan fingerprint density at radius 2 is 0.500 bits per heavy atom. The van der Waals surface area contributed by atoms with Crippen LogP contribution in [0.25, 0.3) is 0 Å². The van der Waals surface area contributed by atoms with E-state index in [1.165, 1.54) is 0 Å². The Labute approximate surface area is 21.0 Å². The molecule has 0 aromatic rings. The fourth-order valence-electron chi connectivity index (χ4n) is 0. The van der Waals surface area contributed by atoms with Gasteiger partial charge in [0.2, 0.25) is 0 Å². The maximum atomic E-state index is 0. The zero-order chi connectivity index (χ0) is 0. The molecule has 4 heteroatoms. The van der Waals surface area contributed by atoms with Crippen LogP contribution < -0.4 is 0 Å². The highest BCUT2D eigenvalue weighted by Gasteiger charge is -0.267. The van der Waals surface area contributed by atoms with Gasteiger partial charge in [-0.15, -0.1) is 0 Å². The van der Waals surface area contributed by atoms with Crippen molar-refractivity contribution in [3.63, 3.8) is 0 Å². The van der Waals surface area contributed by atoms with E-state index in [0.717, 1.165) is 0 Å². The minimum Gasteiger partial charge on any atom is -0.412 e. The monoisotopic (exact) mass is 78.0 g/mol. The zero-order valence-corrected chi connectivity index (χ0v) is 1.72. The maximum Gasteiger partial charge on any atom is -0.269 e. The van der Waals surface area contributed by atoms with Gasteiger partial charge in [-0.1, -0.05) is 0 Å². The molecule has 0 spiro atoms. The molecule has 0 aromatic carbocycles. The molecule has 0 saturated heterocycles. The van der Waals surface area contributed by atoms with Crippen LogP contribution >= 0.6 is 0 Å². The van der Waals surface area contributed by atoms with Gasteiger partial charge in [-0.05, 0) is 0 Å². The second kappa shape index (κ2) is 135. The summed E-state index contributed by atoms with van der Waals surface area (Å²) in [6.45, 7) is 0. The van der Waals surface area contributed by atoms with Crippen molar-refractivity contribution < 1.29 is 19.6 Å². The first-order valence-electron chi connectivity index (χ1n) is 0. The molecule has 0 unspecified atom stereocenters. The van der Waals surface area contributed by atoms with Crippen LogP contribution in [0, 0.1) is 0 Å². The molecule has 2 N–H and O–H groups in total. The number of halogens is 3. The third kappa shape index (κ3) is 15.8. The van der Waals surface area contributed by atoms with Gasteiger partial charge in [0, 0.05) is 0 Å². The largest absolute Gasteiger partial charge is 0.412 e. The number of hydrogen-bond donors (Lipinski definition) is 0. The lowest BCUT2D eigenvalue weighted by Crippen LogP contribution is -0.289. The first-order chi connectivity index (χ1) is 0. The summed E-state index contributed by atoms with van der Waals surface area (Å²) in [6, 6.07) is 0. The first-order valence-corrected chi connectivity index (χ1v) is 0. The minimum absolute atomic E-state index is 0. The van der Waals surface area contributed by atoms with Gasteiger partial charge < -0.3 is 5.48 Å². The Balaban J connectivity index is 0. The lowest BCUT2D eigenvalue weighted by atomic mass is 16.0. The van der Waals surface area contributed by atoms with Crippen molar-refractivity contribution in [2.75, 3.05) is 0 Å². The molecule has 0 heterocycles. The topological polar surface area (TPSA) is 31.5 Å². The minimum atomic E-state index is 0. The van der Waals surface area contributed by atoms with E-state index in [2.05, 4.69) is 0 Å². The van der Waals surface area contributed by atoms with Gasteiger partial charge in [-0.25, -0.2) is 0 Å². The zero-order valence-electron chi connectivity index (χ0n) is 1.72. The number of hydrogen-bond acceptors (Lipinski definition) is 0. The molecular formula is H5F3O. The summed E-state index contributed by atoms with van der Waals surface area (Å²) in [4.78, 5) is 0. The summed E-state index contributed by atoms with van der Waals surface area (Å²) in [5.74, 6) is 0. The molecule has 0 amide bonds. The number of rotatable bonds is 0. The highest BCUT2D eigenvalue weighted by atomic mass is 19.0. The molecule has 1 nitrogen and oxygen atoms in total. The quantitative estimate of drug-likeness (QED) is 0.378. The van der Waals surface area contributed by atoms with Crippen molar-refractivity contribution in [2.45, 2.75) is 0 Å². The van der Waals surface area contributed by atoms with Gasteiger partial charge in [-0.3, -0.25) is 14.1 Å². The lowest BCUT2D eigenvalue weighted by molar-refractivity contribution is 0.824. The molecule has 0 aliphatic carbocycles. The van der Waals surface area contributed by atoms with E-state index < -0.39 is 0 Å². The smallest absolute Gasteiger partial charge is 0.269 e. The standard InChI is InChI=1S/3FH.H2O/h3*1H;1H2. The molecule has 0 radical (unpaired) electrons. The van der Waals surface area contributed by atoms with E-state index in [9.17, 15) is 0 Å². The molecule has 0 bridgehead atoms. The molecular weight excluding hydrogens is 73.0 g/mol. The second-order valence-electron chi connectivity index (χ2n) is 0. The molecule has 0 atom stereocenters. The predicted molar refractivity (Wildman–Crippen MR) is 11.1 cm³/mol. The summed E-state index contributed by atoms with van der Waals surface area (Å²) in [5.41, 5.74) is 0. The van der Waals surface area contributed by atoms with E-state index in [0.29, 0.717) is 0 Å². The summed E-state index contributed by atoms with van der Waals surface area (Å²) in [7, 11) is 0. The Morgan fingerprint density at radius 3 is 0.500 bits per heavy atom. The average Bonchev–Trinajstić information content (AvgIpc) is 0. The molecule has 0 rings (SSSR count). The Bertz CT molecular complexity index is 3.25. The van der Waals surface area contributed by atoms with Crippen LogP contribution in [0.4, 0.5) is 14.1 Å². The Kier molecular flexibility index (Phi) is 15300. The van der Waals surface area contributed by atoms with E-state index in [4.69, 9.17) is 0 Å². The summed E-state index contributed by atoms with van der Waals surface area (Å²) < 4.78 is 0. The van der Waals surface area contributed by atoms with Gasteiger partial charge >= 0.3 is 0 Å². The predicted octanol–water partition coefficient (Wildman–Crippen LogP) is -0.367.